The fraction of sp³-hybridized carbons (Fsp3) is 0.591. The molecule has 142 valence electrons. The van der Waals surface area contributed by atoms with Crippen molar-refractivity contribution in [3.05, 3.63) is 42.0 Å². The van der Waals surface area contributed by atoms with Gasteiger partial charge in [-0.2, -0.15) is 0 Å². The number of piperidine rings is 1. The third-order valence-electron chi connectivity index (χ3n) is 6.90. The number of hydrogen-bond donors (Lipinski definition) is 0. The number of rotatable bonds is 3. The van der Waals surface area contributed by atoms with E-state index in [9.17, 15) is 4.79 Å². The van der Waals surface area contributed by atoms with Gasteiger partial charge in [-0.15, -0.1) is 0 Å². The minimum Gasteiger partial charge on any atom is -1.00 e. The minimum absolute atomic E-state index is 0. The summed E-state index contributed by atoms with van der Waals surface area (Å²) in [6.45, 7) is 0. The maximum Gasteiger partial charge on any atom is 0.313 e. The third-order valence-corrected chi connectivity index (χ3v) is 6.90. The highest BCUT2D eigenvalue weighted by Crippen LogP contribution is 2.41. The number of allylic oxidation sites excluding steroid dienone is 1. The summed E-state index contributed by atoms with van der Waals surface area (Å²) in [5.74, 6) is -0.0790. The zero-order chi connectivity index (χ0) is 17.4. The Labute approximate surface area is 174 Å². The predicted molar refractivity (Wildman–Crippen MR) is 99.8 cm³/mol. The van der Waals surface area contributed by atoms with Crippen LogP contribution in [0.4, 0.5) is 0 Å². The standard InChI is InChI=1S/C22H30NO2.HI/c1-23(2)17-12-13-18(23)15-19(14-17)25-22(24)21-11-7-6-10-20(21)16-8-4-3-5-9-16;/h3-5,8-10,17-19,21H,6-7,11-15H2,1-2H3;1H/q+1;/p-1/t17-,18+,19?,21?;. The van der Waals surface area contributed by atoms with Crippen molar-refractivity contribution in [2.24, 2.45) is 5.92 Å². The Morgan fingerprint density at radius 2 is 1.69 bits per heavy atom. The normalized spacial score (nSPS) is 32.3. The molecule has 3 nitrogen and oxygen atoms in total. The molecule has 0 spiro atoms. The van der Waals surface area contributed by atoms with Crippen LogP contribution in [0.25, 0.3) is 5.57 Å². The van der Waals surface area contributed by atoms with Gasteiger partial charge in [-0.1, -0.05) is 36.4 Å². The quantitative estimate of drug-likeness (QED) is 0.380. The van der Waals surface area contributed by atoms with Gasteiger partial charge in [-0.05, 0) is 30.4 Å². The van der Waals surface area contributed by atoms with Gasteiger partial charge in [0, 0.05) is 25.7 Å². The highest BCUT2D eigenvalue weighted by Gasteiger charge is 2.50. The molecule has 1 aromatic carbocycles. The Balaban J connectivity index is 0.00000196. The van der Waals surface area contributed by atoms with E-state index < -0.39 is 0 Å². The van der Waals surface area contributed by atoms with E-state index in [0.717, 1.165) is 36.6 Å². The van der Waals surface area contributed by atoms with Crippen molar-refractivity contribution in [2.75, 3.05) is 14.1 Å². The summed E-state index contributed by atoms with van der Waals surface area (Å²) in [4.78, 5) is 13.0. The van der Waals surface area contributed by atoms with Gasteiger partial charge in [0.15, 0.2) is 0 Å². The average molecular weight is 467 g/mol. The first-order valence-electron chi connectivity index (χ1n) is 9.85. The zero-order valence-electron chi connectivity index (χ0n) is 15.9. The third kappa shape index (κ3) is 3.72. The number of ether oxygens (including phenoxy) is 1. The molecule has 0 radical (unpaired) electrons. The van der Waals surface area contributed by atoms with Gasteiger partial charge < -0.3 is 33.2 Å². The molecule has 4 heteroatoms. The Hall–Kier alpha value is -0.880. The number of benzene rings is 1. The fourth-order valence-electron chi connectivity index (χ4n) is 5.24. The first kappa shape index (κ1) is 19.9. The molecular weight excluding hydrogens is 437 g/mol. The van der Waals surface area contributed by atoms with Crippen LogP contribution in [-0.4, -0.2) is 42.7 Å². The maximum atomic E-state index is 13.0. The van der Waals surface area contributed by atoms with Crippen molar-refractivity contribution < 1.29 is 38.0 Å². The summed E-state index contributed by atoms with van der Waals surface area (Å²) in [5, 5.41) is 0. The first-order valence-corrected chi connectivity index (χ1v) is 9.85. The van der Waals surface area contributed by atoms with Gasteiger partial charge in [0.05, 0.1) is 32.1 Å². The Morgan fingerprint density at radius 1 is 1.04 bits per heavy atom. The van der Waals surface area contributed by atoms with Crippen molar-refractivity contribution in [1.82, 2.24) is 0 Å². The smallest absolute Gasteiger partial charge is 0.313 e. The van der Waals surface area contributed by atoms with Crippen molar-refractivity contribution in [3.8, 4) is 0 Å². The molecule has 1 aromatic rings. The number of esters is 1. The summed E-state index contributed by atoms with van der Waals surface area (Å²) in [6.07, 6.45) is 10.1. The Bertz CT molecular complexity index is 654. The minimum atomic E-state index is -0.0850. The lowest BCUT2D eigenvalue weighted by molar-refractivity contribution is -0.931. The summed E-state index contributed by atoms with van der Waals surface area (Å²) in [7, 11) is 4.69. The molecule has 2 unspecified atom stereocenters. The van der Waals surface area contributed by atoms with E-state index >= 15 is 0 Å². The van der Waals surface area contributed by atoms with Gasteiger partial charge in [0.25, 0.3) is 0 Å². The van der Waals surface area contributed by atoms with Crippen molar-refractivity contribution in [2.45, 2.75) is 63.1 Å². The molecule has 2 fully saturated rings. The molecule has 1 aliphatic carbocycles. The second-order valence-corrected chi connectivity index (χ2v) is 8.55. The maximum absolute atomic E-state index is 13.0. The Morgan fingerprint density at radius 3 is 2.35 bits per heavy atom. The molecule has 0 aromatic heterocycles. The molecule has 0 saturated carbocycles. The molecule has 0 amide bonds. The number of carbonyl (C=O) groups is 1. The van der Waals surface area contributed by atoms with E-state index in [4.69, 9.17) is 4.74 Å². The summed E-state index contributed by atoms with van der Waals surface area (Å²) < 4.78 is 7.18. The van der Waals surface area contributed by atoms with Crippen molar-refractivity contribution in [3.63, 3.8) is 0 Å². The summed E-state index contributed by atoms with van der Waals surface area (Å²) in [5.41, 5.74) is 2.34. The van der Waals surface area contributed by atoms with Gasteiger partial charge in [0.1, 0.15) is 6.10 Å². The number of carbonyl (C=O) groups excluding carboxylic acids is 1. The first-order chi connectivity index (χ1) is 12.1. The molecule has 26 heavy (non-hydrogen) atoms. The zero-order valence-corrected chi connectivity index (χ0v) is 18.0. The second-order valence-electron chi connectivity index (χ2n) is 8.55. The van der Waals surface area contributed by atoms with E-state index in [1.807, 2.05) is 18.2 Å². The van der Waals surface area contributed by atoms with Gasteiger partial charge in [-0.3, -0.25) is 4.79 Å². The largest absolute Gasteiger partial charge is 1.00 e. The molecule has 2 saturated heterocycles. The molecule has 2 aliphatic heterocycles. The lowest BCUT2D eigenvalue weighted by atomic mass is 9.83. The van der Waals surface area contributed by atoms with E-state index in [0.29, 0.717) is 12.1 Å². The van der Waals surface area contributed by atoms with Crippen LogP contribution in [-0.2, 0) is 9.53 Å². The van der Waals surface area contributed by atoms with E-state index in [1.165, 1.54) is 24.0 Å². The Kier molecular flexibility index (Phi) is 6.12. The number of fused-ring (bicyclic) bond motifs is 2. The van der Waals surface area contributed by atoms with Crippen LogP contribution in [0.15, 0.2) is 36.4 Å². The van der Waals surface area contributed by atoms with Crippen LogP contribution in [0.3, 0.4) is 0 Å². The molecular formula is C22H30INO2. The molecule has 2 bridgehead atoms. The molecule has 3 aliphatic rings. The van der Waals surface area contributed by atoms with E-state index in [-0.39, 0.29) is 42.0 Å². The van der Waals surface area contributed by atoms with Crippen LogP contribution < -0.4 is 24.0 Å². The van der Waals surface area contributed by atoms with Gasteiger partial charge in [0.2, 0.25) is 0 Å². The van der Waals surface area contributed by atoms with Crippen molar-refractivity contribution >= 4 is 11.5 Å². The molecule has 4 atom stereocenters. The highest BCUT2D eigenvalue weighted by molar-refractivity contribution is 5.89. The topological polar surface area (TPSA) is 26.3 Å². The van der Waals surface area contributed by atoms with Gasteiger partial charge in [-0.25, -0.2) is 0 Å². The SMILES string of the molecule is C[N+]1(C)[C@@H]2CC[C@H]1CC(OC(=O)C1CCCC=C1c1ccccc1)C2.[I-]. The number of halogens is 1. The molecule has 0 N–H and O–H groups in total. The molecule has 2 heterocycles. The van der Waals surface area contributed by atoms with Crippen molar-refractivity contribution in [1.29, 1.82) is 0 Å². The van der Waals surface area contributed by atoms with E-state index in [2.05, 4.69) is 32.3 Å². The summed E-state index contributed by atoms with van der Waals surface area (Å²) in [6, 6.07) is 11.7. The van der Waals surface area contributed by atoms with Crippen LogP contribution in [0.2, 0.25) is 0 Å². The predicted octanol–water partition coefficient (Wildman–Crippen LogP) is 1.19. The summed E-state index contributed by atoms with van der Waals surface area (Å²) >= 11 is 0. The number of hydrogen-bond acceptors (Lipinski definition) is 2. The number of nitrogens with zero attached hydrogens (tertiary/aromatic N) is 1. The van der Waals surface area contributed by atoms with Crippen LogP contribution in [0.1, 0.15) is 50.5 Å². The van der Waals surface area contributed by atoms with Gasteiger partial charge >= 0.3 is 5.97 Å². The lowest BCUT2D eigenvalue weighted by Crippen LogP contribution is -3.00. The van der Waals surface area contributed by atoms with E-state index in [1.54, 1.807) is 0 Å². The number of quaternary nitrogens is 1. The fourth-order valence-corrected chi connectivity index (χ4v) is 5.24. The monoisotopic (exact) mass is 467 g/mol. The second kappa shape index (κ2) is 8.01. The van der Waals surface area contributed by atoms with Crippen LogP contribution >= 0.6 is 0 Å². The lowest BCUT2D eigenvalue weighted by Gasteiger charge is -2.44. The highest BCUT2D eigenvalue weighted by atomic mass is 127. The van der Waals surface area contributed by atoms with Crippen LogP contribution in [0.5, 0.6) is 0 Å². The average Bonchev–Trinajstić information content (AvgIpc) is 2.79. The molecule has 4 rings (SSSR count). The van der Waals surface area contributed by atoms with Crippen LogP contribution in [0, 0.1) is 5.92 Å².